The second kappa shape index (κ2) is 7.64. The number of methoxy groups -OCH3 is 2. The van der Waals surface area contributed by atoms with E-state index in [1.165, 1.54) is 52.3 Å². The van der Waals surface area contributed by atoms with Crippen LogP contribution in [0, 0.1) is 5.41 Å². The second-order valence-electron chi connectivity index (χ2n) is 9.26. The summed E-state index contributed by atoms with van der Waals surface area (Å²) in [6, 6.07) is 14.0. The maximum Gasteiger partial charge on any atom is 0.380 e. The van der Waals surface area contributed by atoms with Crippen molar-refractivity contribution in [2.75, 3.05) is 14.2 Å². The van der Waals surface area contributed by atoms with Crippen molar-refractivity contribution >= 4 is 22.4 Å². The average Bonchev–Trinajstić information content (AvgIpc) is 3.29. The van der Waals surface area contributed by atoms with Crippen LogP contribution in [0.5, 0.6) is 5.75 Å². The molecule has 0 bridgehead atoms. The maximum atomic E-state index is 15.4. The zero-order valence-electron chi connectivity index (χ0n) is 19.6. The molecule has 1 aliphatic heterocycles. The van der Waals surface area contributed by atoms with Gasteiger partial charge in [0.15, 0.2) is 4.93 Å². The first-order valence-corrected chi connectivity index (χ1v) is 11.8. The molecule has 2 aliphatic carbocycles. The largest absolute Gasteiger partial charge is 0.497 e. The van der Waals surface area contributed by atoms with Gasteiger partial charge in [-0.3, -0.25) is 0 Å². The number of benzene rings is 2. The van der Waals surface area contributed by atoms with Crippen LogP contribution in [-0.2, 0) is 4.74 Å². The van der Waals surface area contributed by atoms with Crippen molar-refractivity contribution in [3.63, 3.8) is 0 Å². The summed E-state index contributed by atoms with van der Waals surface area (Å²) in [5.74, 6) is -15.5. The smallest absolute Gasteiger partial charge is 0.380 e. The lowest BCUT2D eigenvalue weighted by Crippen LogP contribution is -2.48. The first-order chi connectivity index (χ1) is 16.8. The maximum absolute atomic E-state index is 15.4. The van der Waals surface area contributed by atoms with E-state index >= 15 is 17.6 Å². The van der Waals surface area contributed by atoms with Crippen LogP contribution in [0.4, 0.5) is 26.3 Å². The first kappa shape index (κ1) is 25.0. The molecule has 1 unspecified atom stereocenters. The van der Waals surface area contributed by atoms with Gasteiger partial charge >= 0.3 is 17.8 Å². The molecule has 3 nitrogen and oxygen atoms in total. The molecule has 190 valence electrons. The number of thioether (sulfide) groups is 1. The Labute approximate surface area is 207 Å². The second-order valence-corrected chi connectivity index (χ2v) is 10.4. The number of fused-ring (bicyclic) bond motifs is 2. The van der Waals surface area contributed by atoms with Gasteiger partial charge < -0.3 is 9.47 Å². The van der Waals surface area contributed by atoms with E-state index in [1.807, 2.05) is 0 Å². The number of aliphatic imine (C=N–C) groups is 1. The highest BCUT2D eigenvalue weighted by Crippen LogP contribution is 2.72. The van der Waals surface area contributed by atoms with Gasteiger partial charge in [0, 0.05) is 23.7 Å². The van der Waals surface area contributed by atoms with Crippen LogP contribution in [0.15, 0.2) is 76.4 Å². The molecule has 1 heterocycles. The molecule has 1 saturated carbocycles. The Morgan fingerprint density at radius 1 is 0.722 bits per heavy atom. The first-order valence-electron chi connectivity index (χ1n) is 10.9. The Kier molecular flexibility index (Phi) is 5.30. The molecule has 0 radical (unpaired) electrons. The summed E-state index contributed by atoms with van der Waals surface area (Å²) in [7, 11) is 2.71. The lowest BCUT2D eigenvalue weighted by atomic mass is 9.66. The van der Waals surface area contributed by atoms with Crippen LogP contribution in [0.3, 0.4) is 0 Å². The summed E-state index contributed by atoms with van der Waals surface area (Å²) in [6.07, 6.45) is 0. The molecule has 0 amide bonds. The standard InChI is InChI=1S/C26H21F6NO2S/c1-22(2)17(14-8-6-5-7-9-14)18-19(24(29,30)26(31,32)23(18,27)28)20-25(22,35-4)36-21(33-20)15-10-12-16(34-3)13-11-15/h5-13H,1-4H3. The Balaban J connectivity index is 1.89. The number of allylic oxidation sites excluding steroid dienone is 2. The van der Waals surface area contributed by atoms with E-state index in [4.69, 9.17) is 9.47 Å². The van der Waals surface area contributed by atoms with Gasteiger partial charge in [0.25, 0.3) is 0 Å². The Morgan fingerprint density at radius 2 is 1.31 bits per heavy atom. The summed E-state index contributed by atoms with van der Waals surface area (Å²) >= 11 is 0.936. The molecule has 0 N–H and O–H groups in total. The van der Waals surface area contributed by atoms with Crippen LogP contribution in [0.1, 0.15) is 25.0 Å². The van der Waals surface area contributed by atoms with E-state index in [9.17, 15) is 8.78 Å². The number of hydrogen-bond donors (Lipinski definition) is 0. The van der Waals surface area contributed by atoms with Gasteiger partial charge in [0.2, 0.25) is 0 Å². The Bertz CT molecular complexity index is 1330. The summed E-state index contributed by atoms with van der Waals surface area (Å²) < 4.78 is 102. The molecular weight excluding hydrogens is 504 g/mol. The number of rotatable bonds is 4. The molecule has 0 aromatic heterocycles. The molecule has 36 heavy (non-hydrogen) atoms. The highest BCUT2D eigenvalue weighted by atomic mass is 32.2. The molecule has 3 aliphatic rings. The van der Waals surface area contributed by atoms with E-state index < -0.39 is 45.0 Å². The monoisotopic (exact) mass is 525 g/mol. The van der Waals surface area contributed by atoms with Gasteiger partial charge in [-0.2, -0.15) is 26.3 Å². The van der Waals surface area contributed by atoms with Gasteiger partial charge in [-0.25, -0.2) is 4.99 Å². The third-order valence-electron chi connectivity index (χ3n) is 7.05. The van der Waals surface area contributed by atoms with E-state index in [2.05, 4.69) is 4.99 Å². The van der Waals surface area contributed by atoms with Crippen LogP contribution in [-0.4, -0.2) is 42.0 Å². The minimum Gasteiger partial charge on any atom is -0.497 e. The van der Waals surface area contributed by atoms with Crippen LogP contribution < -0.4 is 4.74 Å². The van der Waals surface area contributed by atoms with Gasteiger partial charge in [-0.1, -0.05) is 55.9 Å². The molecule has 0 spiro atoms. The normalized spacial score (nSPS) is 27.0. The number of ether oxygens (including phenoxy) is 2. The zero-order valence-corrected chi connectivity index (χ0v) is 20.5. The van der Waals surface area contributed by atoms with E-state index in [1.54, 1.807) is 30.3 Å². The lowest BCUT2D eigenvalue weighted by molar-refractivity contribution is -0.258. The van der Waals surface area contributed by atoms with Crippen molar-refractivity contribution in [1.29, 1.82) is 0 Å². The number of halogens is 6. The van der Waals surface area contributed by atoms with E-state index in [-0.39, 0.29) is 16.2 Å². The van der Waals surface area contributed by atoms with Crippen molar-refractivity contribution in [2.24, 2.45) is 10.4 Å². The minimum absolute atomic E-state index is 0.122. The van der Waals surface area contributed by atoms with Gasteiger partial charge in [-0.05, 0) is 35.4 Å². The SMILES string of the molecule is COc1ccc(C2=NC3=C4C(=C(c5ccccc5)C(C)(C)C3(OC)S2)C(F)(F)C(F)(F)C4(F)F)cc1. The predicted molar refractivity (Wildman–Crippen MR) is 126 cm³/mol. The molecular formula is C26H21F6NO2S. The topological polar surface area (TPSA) is 30.8 Å². The molecule has 1 atom stereocenters. The average molecular weight is 526 g/mol. The van der Waals surface area contributed by atoms with Crippen molar-refractivity contribution < 1.29 is 35.8 Å². The highest BCUT2D eigenvalue weighted by molar-refractivity contribution is 8.16. The number of nitrogens with zero attached hydrogens (tertiary/aromatic N) is 1. The van der Waals surface area contributed by atoms with Crippen LogP contribution in [0.2, 0.25) is 0 Å². The summed E-state index contributed by atoms with van der Waals surface area (Å²) in [4.78, 5) is 2.50. The van der Waals surface area contributed by atoms with Gasteiger partial charge in [-0.15, -0.1) is 0 Å². The molecule has 2 aromatic rings. The van der Waals surface area contributed by atoms with Crippen molar-refractivity contribution in [3.8, 4) is 5.75 Å². The Hall–Kier alpha value is -2.72. The zero-order chi connectivity index (χ0) is 26.3. The third-order valence-corrected chi connectivity index (χ3v) is 8.73. The third kappa shape index (κ3) is 2.85. The van der Waals surface area contributed by atoms with Gasteiger partial charge in [0.1, 0.15) is 10.8 Å². The van der Waals surface area contributed by atoms with Crippen LogP contribution >= 0.6 is 11.8 Å². The fourth-order valence-corrected chi connectivity index (χ4v) is 6.59. The Morgan fingerprint density at radius 3 is 1.86 bits per heavy atom. The summed E-state index contributed by atoms with van der Waals surface area (Å²) in [6.45, 7) is 3.04. The lowest BCUT2D eigenvalue weighted by Gasteiger charge is -2.48. The summed E-state index contributed by atoms with van der Waals surface area (Å²) in [5, 5.41) is 0.179. The highest BCUT2D eigenvalue weighted by Gasteiger charge is 2.84. The van der Waals surface area contributed by atoms with Crippen molar-refractivity contribution in [2.45, 2.75) is 36.5 Å². The molecule has 1 fully saturated rings. The van der Waals surface area contributed by atoms with E-state index in [0.29, 0.717) is 11.3 Å². The summed E-state index contributed by atoms with van der Waals surface area (Å²) in [5.41, 5.74) is -4.72. The minimum atomic E-state index is -5.67. The van der Waals surface area contributed by atoms with Crippen molar-refractivity contribution in [3.05, 3.63) is 82.6 Å². The fourth-order valence-electron chi connectivity index (χ4n) is 5.24. The van der Waals surface area contributed by atoms with E-state index in [0.717, 1.165) is 11.8 Å². The molecule has 10 heteroatoms. The quantitative estimate of drug-likeness (QED) is 0.396. The number of alkyl halides is 6. The fraction of sp³-hybridized carbons (Fsp3) is 0.346. The van der Waals surface area contributed by atoms with Crippen LogP contribution in [0.25, 0.3) is 5.57 Å². The van der Waals surface area contributed by atoms with Gasteiger partial charge in [0.05, 0.1) is 18.4 Å². The van der Waals surface area contributed by atoms with Crippen molar-refractivity contribution in [1.82, 2.24) is 0 Å². The molecule has 0 saturated heterocycles. The number of hydrogen-bond acceptors (Lipinski definition) is 4. The predicted octanol–water partition coefficient (Wildman–Crippen LogP) is 7.20. The molecule has 5 rings (SSSR count). The molecule has 2 aromatic carbocycles.